The number of aliphatic carboxylic acids is 1. The number of carboxylic acid groups (broad SMARTS) is 1. The Kier molecular flexibility index (Phi) is 6.12. The molecule has 0 aliphatic heterocycles. The predicted molar refractivity (Wildman–Crippen MR) is 81.8 cm³/mol. The lowest BCUT2D eigenvalue weighted by Crippen LogP contribution is -2.49. The van der Waals surface area contributed by atoms with Crippen LogP contribution in [0.25, 0.3) is 0 Å². The molecule has 0 aromatic heterocycles. The molecule has 1 aromatic rings. The van der Waals surface area contributed by atoms with Crippen molar-refractivity contribution in [2.45, 2.75) is 45.9 Å². The van der Waals surface area contributed by atoms with Gasteiger partial charge in [0.1, 0.15) is 18.2 Å². The van der Waals surface area contributed by atoms with E-state index in [1.54, 1.807) is 45.0 Å². The van der Waals surface area contributed by atoms with Crippen LogP contribution in [-0.4, -0.2) is 39.8 Å². The van der Waals surface area contributed by atoms with E-state index in [4.69, 9.17) is 14.6 Å². The molecule has 0 saturated carbocycles. The zero-order chi connectivity index (χ0) is 17.6. The molecular formula is C16H21NO6. The first kappa shape index (κ1) is 18.5. The highest BCUT2D eigenvalue weighted by Crippen LogP contribution is 2.14. The summed E-state index contributed by atoms with van der Waals surface area (Å²) >= 11 is 0. The van der Waals surface area contributed by atoms with Gasteiger partial charge in [-0.05, 0) is 33.3 Å². The molecule has 126 valence electrons. The molecule has 23 heavy (non-hydrogen) atoms. The second-order valence-electron chi connectivity index (χ2n) is 5.90. The Bertz CT molecular complexity index is 564. The van der Waals surface area contributed by atoms with Crippen LogP contribution in [0, 0.1) is 0 Å². The van der Waals surface area contributed by atoms with Crippen molar-refractivity contribution in [2.75, 3.05) is 0 Å². The highest BCUT2D eigenvalue weighted by molar-refractivity contribution is 5.93. The van der Waals surface area contributed by atoms with Gasteiger partial charge in [-0.3, -0.25) is 0 Å². The smallest absolute Gasteiger partial charge is 0.420 e. The van der Waals surface area contributed by atoms with Crippen LogP contribution in [-0.2, 0) is 20.9 Å². The van der Waals surface area contributed by atoms with Gasteiger partial charge in [-0.25, -0.2) is 14.4 Å². The molecule has 2 amide bonds. The summed E-state index contributed by atoms with van der Waals surface area (Å²) in [6, 6.07) is 7.43. The van der Waals surface area contributed by atoms with Crippen molar-refractivity contribution in [3.8, 4) is 0 Å². The largest absolute Gasteiger partial charge is 0.480 e. The molecule has 0 aliphatic rings. The molecule has 7 nitrogen and oxygen atoms in total. The monoisotopic (exact) mass is 323 g/mol. The Labute approximate surface area is 134 Å². The lowest BCUT2D eigenvalue weighted by Gasteiger charge is -2.27. The van der Waals surface area contributed by atoms with Crippen LogP contribution in [0.1, 0.15) is 33.3 Å². The summed E-state index contributed by atoms with van der Waals surface area (Å²) in [5.41, 5.74) is -0.152. The first-order valence-corrected chi connectivity index (χ1v) is 7.07. The third-order valence-corrected chi connectivity index (χ3v) is 2.74. The fourth-order valence-corrected chi connectivity index (χ4v) is 1.60. The number of hydrogen-bond acceptors (Lipinski definition) is 5. The van der Waals surface area contributed by atoms with E-state index in [1.807, 2.05) is 6.07 Å². The average Bonchev–Trinajstić information content (AvgIpc) is 2.44. The van der Waals surface area contributed by atoms with Gasteiger partial charge in [0.05, 0.1) is 0 Å². The number of ether oxygens (including phenoxy) is 2. The summed E-state index contributed by atoms with van der Waals surface area (Å²) in [5, 5.41) is 9.08. The van der Waals surface area contributed by atoms with Gasteiger partial charge >= 0.3 is 18.2 Å². The Hall–Kier alpha value is -2.57. The van der Waals surface area contributed by atoms with E-state index in [0.717, 1.165) is 0 Å². The summed E-state index contributed by atoms with van der Waals surface area (Å²) in [6.07, 6.45) is -2.14. The van der Waals surface area contributed by atoms with Crippen molar-refractivity contribution in [1.29, 1.82) is 0 Å². The van der Waals surface area contributed by atoms with Gasteiger partial charge in [-0.2, -0.15) is 4.90 Å². The predicted octanol–water partition coefficient (Wildman–Crippen LogP) is 3.03. The number of amides is 2. The quantitative estimate of drug-likeness (QED) is 0.915. The van der Waals surface area contributed by atoms with E-state index < -0.39 is 29.8 Å². The molecule has 0 spiro atoms. The van der Waals surface area contributed by atoms with E-state index in [2.05, 4.69) is 0 Å². The number of benzene rings is 1. The molecule has 0 saturated heterocycles. The first-order chi connectivity index (χ1) is 10.6. The Morgan fingerprint density at radius 3 is 2.17 bits per heavy atom. The summed E-state index contributed by atoms with van der Waals surface area (Å²) in [5.74, 6) is -1.34. The number of rotatable bonds is 4. The molecule has 0 fully saturated rings. The second kappa shape index (κ2) is 7.62. The summed E-state index contributed by atoms with van der Waals surface area (Å²) in [4.78, 5) is 35.8. The summed E-state index contributed by atoms with van der Waals surface area (Å²) in [6.45, 7) is 5.97. The van der Waals surface area contributed by atoms with E-state index >= 15 is 0 Å². The zero-order valence-corrected chi connectivity index (χ0v) is 13.6. The van der Waals surface area contributed by atoms with Crippen molar-refractivity contribution >= 4 is 18.2 Å². The van der Waals surface area contributed by atoms with Gasteiger partial charge in [0.25, 0.3) is 0 Å². The van der Waals surface area contributed by atoms with Gasteiger partial charge in [0.15, 0.2) is 0 Å². The number of carboxylic acids is 1. The van der Waals surface area contributed by atoms with Gasteiger partial charge in [0, 0.05) is 0 Å². The van der Waals surface area contributed by atoms with Crippen LogP contribution in [0.4, 0.5) is 9.59 Å². The lowest BCUT2D eigenvalue weighted by molar-refractivity contribution is -0.142. The normalized spacial score (nSPS) is 12.2. The molecule has 0 bridgehead atoms. The fraction of sp³-hybridized carbons (Fsp3) is 0.438. The topological polar surface area (TPSA) is 93.1 Å². The number of carbonyl (C=O) groups excluding carboxylic acids is 2. The van der Waals surface area contributed by atoms with Crippen LogP contribution >= 0.6 is 0 Å². The number of carbonyl (C=O) groups is 3. The van der Waals surface area contributed by atoms with Gasteiger partial charge in [-0.1, -0.05) is 30.3 Å². The maximum atomic E-state index is 12.1. The van der Waals surface area contributed by atoms with Crippen molar-refractivity contribution in [3.63, 3.8) is 0 Å². The molecule has 1 rings (SSSR count). The van der Waals surface area contributed by atoms with E-state index in [0.29, 0.717) is 10.5 Å². The third kappa shape index (κ3) is 5.98. The molecular weight excluding hydrogens is 302 g/mol. The molecule has 1 aromatic carbocycles. The Balaban J connectivity index is 2.84. The highest BCUT2D eigenvalue weighted by atomic mass is 16.6. The summed E-state index contributed by atoms with van der Waals surface area (Å²) < 4.78 is 10.1. The fourth-order valence-electron chi connectivity index (χ4n) is 1.60. The minimum absolute atomic E-state index is 0.0781. The number of nitrogens with zero attached hydrogens (tertiary/aromatic N) is 1. The van der Waals surface area contributed by atoms with Crippen LogP contribution in [0.2, 0.25) is 0 Å². The van der Waals surface area contributed by atoms with Crippen molar-refractivity contribution in [3.05, 3.63) is 35.9 Å². The van der Waals surface area contributed by atoms with Crippen LogP contribution in [0.15, 0.2) is 30.3 Å². The average molecular weight is 323 g/mol. The maximum Gasteiger partial charge on any atom is 0.420 e. The first-order valence-electron chi connectivity index (χ1n) is 7.07. The molecule has 0 radical (unpaired) electrons. The van der Waals surface area contributed by atoms with Gasteiger partial charge < -0.3 is 14.6 Å². The van der Waals surface area contributed by atoms with Crippen LogP contribution in [0.5, 0.6) is 0 Å². The van der Waals surface area contributed by atoms with Gasteiger partial charge in [-0.15, -0.1) is 0 Å². The highest BCUT2D eigenvalue weighted by Gasteiger charge is 2.36. The summed E-state index contributed by atoms with van der Waals surface area (Å²) in [7, 11) is 0. The van der Waals surface area contributed by atoms with Crippen LogP contribution in [0.3, 0.4) is 0 Å². The molecule has 7 heteroatoms. The van der Waals surface area contributed by atoms with E-state index in [9.17, 15) is 14.4 Å². The minimum atomic E-state index is -1.41. The number of imide groups is 1. The van der Waals surface area contributed by atoms with Crippen molar-refractivity contribution in [1.82, 2.24) is 4.90 Å². The minimum Gasteiger partial charge on any atom is -0.480 e. The van der Waals surface area contributed by atoms with Crippen LogP contribution < -0.4 is 0 Å². The zero-order valence-electron chi connectivity index (χ0n) is 13.6. The Morgan fingerprint density at radius 2 is 1.70 bits per heavy atom. The molecule has 0 aliphatic carbocycles. The second-order valence-corrected chi connectivity index (χ2v) is 5.90. The molecule has 0 heterocycles. The van der Waals surface area contributed by atoms with Crippen molar-refractivity contribution < 1.29 is 29.0 Å². The van der Waals surface area contributed by atoms with E-state index in [1.165, 1.54) is 6.92 Å². The standard InChI is InChI=1S/C16H21NO6/c1-11(13(18)19)17(15(21)23-16(2,3)4)14(20)22-10-12-8-6-5-7-9-12/h5-9,11H,10H2,1-4H3,(H,18,19)/t11-/m0/s1. The maximum absolute atomic E-state index is 12.1. The van der Waals surface area contributed by atoms with Crippen molar-refractivity contribution in [2.24, 2.45) is 0 Å². The SMILES string of the molecule is C[C@@H](C(=O)O)N(C(=O)OCc1ccccc1)C(=O)OC(C)(C)C. The van der Waals surface area contributed by atoms with E-state index in [-0.39, 0.29) is 6.61 Å². The lowest BCUT2D eigenvalue weighted by atomic mass is 10.2. The molecule has 0 unspecified atom stereocenters. The third-order valence-electron chi connectivity index (χ3n) is 2.74. The molecule has 1 N–H and O–H groups in total. The molecule has 1 atom stereocenters. The number of hydrogen-bond donors (Lipinski definition) is 1. The van der Waals surface area contributed by atoms with Gasteiger partial charge in [0.2, 0.25) is 0 Å². The Morgan fingerprint density at radius 1 is 1.13 bits per heavy atom.